The lowest BCUT2D eigenvalue weighted by atomic mass is 10.1. The lowest BCUT2D eigenvalue weighted by Crippen LogP contribution is -2.47. The topological polar surface area (TPSA) is 134 Å². The molecule has 3 aromatic rings. The number of alkyl halides is 3. The van der Waals surface area contributed by atoms with Gasteiger partial charge in [0.05, 0.1) is 37.7 Å². The maximum absolute atomic E-state index is 14.2. The Bertz CT molecular complexity index is 1580. The van der Waals surface area contributed by atoms with E-state index in [1.54, 1.807) is 4.52 Å². The van der Waals surface area contributed by atoms with E-state index in [4.69, 9.17) is 4.74 Å². The molecule has 0 radical (unpaired) electrons. The first-order chi connectivity index (χ1) is 19.8. The van der Waals surface area contributed by atoms with E-state index in [1.807, 2.05) is 17.9 Å². The number of methoxy groups -OCH3 is 1. The summed E-state index contributed by atoms with van der Waals surface area (Å²) in [6, 6.07) is 2.65. The molecular weight excluding hydrogens is 581 g/mol. The van der Waals surface area contributed by atoms with Gasteiger partial charge in [0.1, 0.15) is 11.3 Å². The number of aryl methyl sites for hydroxylation is 1. The number of nitrogens with one attached hydrogen (secondary N) is 1. The van der Waals surface area contributed by atoms with Crippen molar-refractivity contribution in [1.82, 2.24) is 28.8 Å². The van der Waals surface area contributed by atoms with Crippen LogP contribution in [0.1, 0.15) is 16.8 Å². The quantitative estimate of drug-likeness (QED) is 0.442. The number of pyridine rings is 1. The third-order valence-corrected chi connectivity index (χ3v) is 8.63. The Balaban J connectivity index is 1.56. The summed E-state index contributed by atoms with van der Waals surface area (Å²) in [6.07, 6.45) is -3.57. The number of morpholine rings is 1. The molecule has 0 aliphatic carbocycles. The largest absolute Gasteiger partial charge is 0.453 e. The summed E-state index contributed by atoms with van der Waals surface area (Å²) in [6.45, 7) is 6.03. The second-order valence-electron chi connectivity index (χ2n) is 10.1. The molecule has 3 aromatic heterocycles. The Hall–Kier alpha value is -3.54. The van der Waals surface area contributed by atoms with Crippen molar-refractivity contribution in [3.8, 4) is 11.4 Å². The molecule has 0 unspecified atom stereocenters. The van der Waals surface area contributed by atoms with Gasteiger partial charge in [-0.2, -0.15) is 17.5 Å². The normalized spacial score (nSPS) is 17.5. The van der Waals surface area contributed by atoms with E-state index in [0.717, 1.165) is 30.6 Å². The first-order valence-corrected chi connectivity index (χ1v) is 15.0. The van der Waals surface area contributed by atoms with Crippen LogP contribution in [0.25, 0.3) is 16.9 Å². The van der Waals surface area contributed by atoms with Gasteiger partial charge in [0.2, 0.25) is 10.0 Å². The fourth-order valence-corrected chi connectivity index (χ4v) is 5.87. The molecule has 0 saturated carbocycles. The monoisotopic (exact) mass is 612 g/mol. The van der Waals surface area contributed by atoms with Gasteiger partial charge < -0.3 is 14.4 Å². The molecule has 0 aromatic carbocycles. The van der Waals surface area contributed by atoms with Gasteiger partial charge in [0.15, 0.2) is 11.6 Å². The second-order valence-corrected chi connectivity index (χ2v) is 12.1. The molecular formula is C25H31F3N8O5S. The average molecular weight is 613 g/mol. The number of anilines is 2. The summed E-state index contributed by atoms with van der Waals surface area (Å²) >= 11 is 0. The molecule has 2 aliphatic rings. The molecule has 42 heavy (non-hydrogen) atoms. The van der Waals surface area contributed by atoms with Crippen LogP contribution >= 0.6 is 0 Å². The lowest BCUT2D eigenvalue weighted by Gasteiger charge is -2.33. The van der Waals surface area contributed by atoms with E-state index in [9.17, 15) is 26.4 Å². The van der Waals surface area contributed by atoms with Crippen molar-refractivity contribution in [3.05, 3.63) is 35.2 Å². The Morgan fingerprint density at radius 2 is 1.81 bits per heavy atom. The standard InChI is InChI=1S/C25H31F3N8O5S/c1-16-17(15-33-4-6-35(7-5-33)42(3,38)39)12-20-23(34-8-10-41-11-9-34)31-22(32-36(16)20)18-14-29-21(30-24(37)40-2)13-19(18)25(26,27)28/h12-14H,4-11,15H2,1-3H3,(H,29,30,37). The highest BCUT2D eigenvalue weighted by Gasteiger charge is 2.36. The van der Waals surface area contributed by atoms with Gasteiger partial charge in [-0.15, -0.1) is 5.10 Å². The first kappa shape index (κ1) is 29.9. The molecule has 17 heteroatoms. The van der Waals surface area contributed by atoms with E-state index in [-0.39, 0.29) is 17.2 Å². The zero-order valence-electron chi connectivity index (χ0n) is 23.3. The van der Waals surface area contributed by atoms with Crippen LogP contribution in [-0.2, 0) is 32.2 Å². The zero-order valence-corrected chi connectivity index (χ0v) is 24.1. The number of carbonyl (C=O) groups is 1. The number of amides is 1. The van der Waals surface area contributed by atoms with Crippen LogP contribution in [0.2, 0.25) is 0 Å². The number of rotatable bonds is 6. The van der Waals surface area contributed by atoms with E-state index in [1.165, 1.54) is 10.6 Å². The number of ether oxygens (including phenoxy) is 2. The molecule has 2 saturated heterocycles. The van der Waals surface area contributed by atoms with Crippen molar-refractivity contribution in [2.24, 2.45) is 0 Å². The third kappa shape index (κ3) is 6.28. The summed E-state index contributed by atoms with van der Waals surface area (Å²) in [5, 5.41) is 6.69. The number of sulfonamides is 1. The van der Waals surface area contributed by atoms with Crippen LogP contribution in [0.15, 0.2) is 18.3 Å². The SMILES string of the molecule is COC(=O)Nc1cc(C(F)(F)F)c(-c2nc(N3CCOCC3)c3cc(CN4CCN(S(C)(=O)=O)CC4)c(C)n3n2)cn1. The number of aromatic nitrogens is 4. The van der Waals surface area contributed by atoms with Crippen LogP contribution in [0, 0.1) is 6.92 Å². The minimum Gasteiger partial charge on any atom is -0.453 e. The average Bonchev–Trinajstić information content (AvgIpc) is 3.27. The minimum absolute atomic E-state index is 0.180. The van der Waals surface area contributed by atoms with Crippen molar-refractivity contribution >= 4 is 33.3 Å². The summed E-state index contributed by atoms with van der Waals surface area (Å²) in [5.41, 5.74) is 0.842. The highest BCUT2D eigenvalue weighted by Crippen LogP contribution is 2.38. The Kier molecular flexibility index (Phi) is 8.28. The molecule has 5 heterocycles. The summed E-state index contributed by atoms with van der Waals surface area (Å²) in [7, 11) is -2.18. The second kappa shape index (κ2) is 11.6. The summed E-state index contributed by atoms with van der Waals surface area (Å²) in [5.74, 6) is -0.0484. The minimum atomic E-state index is -4.80. The number of hydrogen-bond acceptors (Lipinski definition) is 10. The molecule has 2 aliphatic heterocycles. The Labute approximate surface area is 240 Å². The van der Waals surface area contributed by atoms with Gasteiger partial charge in [-0.25, -0.2) is 27.7 Å². The molecule has 13 nitrogen and oxygen atoms in total. The van der Waals surface area contributed by atoms with Crippen molar-refractivity contribution in [1.29, 1.82) is 0 Å². The molecule has 0 bridgehead atoms. The van der Waals surface area contributed by atoms with Crippen molar-refractivity contribution < 1.29 is 35.9 Å². The highest BCUT2D eigenvalue weighted by molar-refractivity contribution is 7.88. The molecule has 0 atom stereocenters. The fourth-order valence-electron chi connectivity index (χ4n) is 5.04. The Morgan fingerprint density at radius 3 is 2.43 bits per heavy atom. The number of hydrogen-bond donors (Lipinski definition) is 1. The van der Waals surface area contributed by atoms with E-state index < -0.39 is 27.9 Å². The molecule has 1 N–H and O–H groups in total. The summed E-state index contributed by atoms with van der Waals surface area (Å²) in [4.78, 5) is 24.2. The maximum Gasteiger partial charge on any atom is 0.417 e. The number of fused-ring (bicyclic) bond motifs is 1. The molecule has 1 amide bonds. The molecule has 2 fully saturated rings. The highest BCUT2D eigenvalue weighted by atomic mass is 32.2. The van der Waals surface area contributed by atoms with E-state index >= 15 is 0 Å². The number of carbonyl (C=O) groups excluding carboxylic acids is 1. The van der Waals surface area contributed by atoms with Crippen LogP contribution in [0.4, 0.5) is 29.6 Å². The number of nitrogens with zero attached hydrogens (tertiary/aromatic N) is 7. The van der Waals surface area contributed by atoms with Gasteiger partial charge in [0, 0.05) is 57.7 Å². The number of halogens is 3. The maximum atomic E-state index is 14.2. The number of piperazine rings is 1. The van der Waals surface area contributed by atoms with Gasteiger partial charge in [-0.1, -0.05) is 0 Å². The van der Waals surface area contributed by atoms with Crippen LogP contribution in [-0.4, -0.2) is 109 Å². The van der Waals surface area contributed by atoms with Crippen LogP contribution in [0.5, 0.6) is 0 Å². The van der Waals surface area contributed by atoms with E-state index in [2.05, 4.69) is 30.0 Å². The van der Waals surface area contributed by atoms with Gasteiger partial charge in [0.25, 0.3) is 0 Å². The van der Waals surface area contributed by atoms with E-state index in [0.29, 0.717) is 70.4 Å². The van der Waals surface area contributed by atoms with Crippen molar-refractivity contribution in [3.63, 3.8) is 0 Å². The smallest absolute Gasteiger partial charge is 0.417 e. The molecule has 0 spiro atoms. The lowest BCUT2D eigenvalue weighted by molar-refractivity contribution is -0.137. The van der Waals surface area contributed by atoms with Gasteiger partial charge in [-0.05, 0) is 24.6 Å². The molecule has 5 rings (SSSR count). The first-order valence-electron chi connectivity index (χ1n) is 13.2. The third-order valence-electron chi connectivity index (χ3n) is 7.33. The molecule has 228 valence electrons. The predicted molar refractivity (Wildman–Crippen MR) is 147 cm³/mol. The predicted octanol–water partition coefficient (Wildman–Crippen LogP) is 2.21. The van der Waals surface area contributed by atoms with Crippen molar-refractivity contribution in [2.75, 3.05) is 76.1 Å². The van der Waals surface area contributed by atoms with Crippen LogP contribution in [0.3, 0.4) is 0 Å². The Morgan fingerprint density at radius 1 is 1.12 bits per heavy atom. The van der Waals surface area contributed by atoms with Gasteiger partial charge in [-0.3, -0.25) is 10.2 Å². The van der Waals surface area contributed by atoms with Gasteiger partial charge >= 0.3 is 12.3 Å². The summed E-state index contributed by atoms with van der Waals surface area (Å²) < 4.78 is 79.5. The van der Waals surface area contributed by atoms with Crippen LogP contribution < -0.4 is 10.2 Å². The van der Waals surface area contributed by atoms with Crippen molar-refractivity contribution in [2.45, 2.75) is 19.6 Å². The fraction of sp³-hybridized carbons (Fsp3) is 0.520. The zero-order chi connectivity index (χ0) is 30.2.